The molecule has 0 spiro atoms. The molecule has 14 heavy (non-hydrogen) atoms. The molecule has 0 radical (unpaired) electrons. The zero-order chi connectivity index (χ0) is 10.2. The number of carboxylic acids is 1. The number of rotatable bonds is 5. The number of carboxylic acid groups (broad SMARTS) is 1. The first-order valence-electron chi connectivity index (χ1n) is 4.10. The lowest BCUT2D eigenvalue weighted by Crippen LogP contribution is -2.07. The third-order valence-corrected chi connectivity index (χ3v) is 1.46. The summed E-state index contributed by atoms with van der Waals surface area (Å²) < 4.78 is 0. The summed E-state index contributed by atoms with van der Waals surface area (Å²) in [5, 5.41) is 8.25. The SMILES string of the molecule is O=C(O)/C=C/NOCc1ccccc1. The second-order valence-corrected chi connectivity index (χ2v) is 2.56. The lowest BCUT2D eigenvalue weighted by molar-refractivity contribution is -0.131. The van der Waals surface area contributed by atoms with Gasteiger partial charge in [0.1, 0.15) is 0 Å². The Bertz CT molecular complexity index is 308. The Morgan fingerprint density at radius 2 is 2.14 bits per heavy atom. The minimum Gasteiger partial charge on any atom is -0.478 e. The van der Waals surface area contributed by atoms with Gasteiger partial charge in [-0.25, -0.2) is 4.79 Å². The van der Waals surface area contributed by atoms with Gasteiger partial charge in [-0.15, -0.1) is 0 Å². The second kappa shape index (κ2) is 5.77. The van der Waals surface area contributed by atoms with Crippen molar-refractivity contribution in [3.05, 3.63) is 48.2 Å². The van der Waals surface area contributed by atoms with Gasteiger partial charge in [0.25, 0.3) is 0 Å². The number of nitrogens with one attached hydrogen (secondary N) is 1. The van der Waals surface area contributed by atoms with Crippen LogP contribution in [-0.4, -0.2) is 11.1 Å². The first kappa shape index (κ1) is 10.3. The van der Waals surface area contributed by atoms with E-state index in [1.54, 1.807) is 0 Å². The van der Waals surface area contributed by atoms with Crippen LogP contribution in [0.25, 0.3) is 0 Å². The van der Waals surface area contributed by atoms with Crippen molar-refractivity contribution in [2.24, 2.45) is 0 Å². The van der Waals surface area contributed by atoms with Crippen LogP contribution in [0.4, 0.5) is 0 Å². The van der Waals surface area contributed by atoms with E-state index >= 15 is 0 Å². The summed E-state index contributed by atoms with van der Waals surface area (Å²) in [4.78, 5) is 15.0. The van der Waals surface area contributed by atoms with Crippen molar-refractivity contribution in [3.8, 4) is 0 Å². The van der Waals surface area contributed by atoms with Crippen LogP contribution in [0, 0.1) is 0 Å². The summed E-state index contributed by atoms with van der Waals surface area (Å²) in [6, 6.07) is 9.57. The molecule has 1 aromatic carbocycles. The molecule has 0 bridgehead atoms. The number of aliphatic carboxylic acids is 1. The van der Waals surface area contributed by atoms with Crippen LogP contribution in [0.15, 0.2) is 42.6 Å². The van der Waals surface area contributed by atoms with E-state index in [1.807, 2.05) is 30.3 Å². The van der Waals surface area contributed by atoms with E-state index in [2.05, 4.69) is 5.48 Å². The molecule has 1 rings (SSSR count). The van der Waals surface area contributed by atoms with Crippen LogP contribution in [0.1, 0.15) is 5.56 Å². The van der Waals surface area contributed by atoms with E-state index in [9.17, 15) is 4.79 Å². The van der Waals surface area contributed by atoms with Crippen molar-refractivity contribution >= 4 is 5.97 Å². The van der Waals surface area contributed by atoms with Crippen molar-refractivity contribution in [3.63, 3.8) is 0 Å². The van der Waals surface area contributed by atoms with Gasteiger partial charge in [-0.05, 0) is 5.56 Å². The maximum atomic E-state index is 10.1. The maximum absolute atomic E-state index is 10.1. The molecule has 0 amide bonds. The standard InChI is InChI=1S/C10H11NO3/c12-10(13)6-7-11-14-8-9-4-2-1-3-5-9/h1-7,11H,8H2,(H,12,13)/b7-6+. The molecular formula is C10H11NO3. The van der Waals surface area contributed by atoms with Crippen LogP contribution in [0.5, 0.6) is 0 Å². The van der Waals surface area contributed by atoms with Gasteiger partial charge in [0.15, 0.2) is 0 Å². The molecule has 0 aromatic heterocycles. The fourth-order valence-corrected chi connectivity index (χ4v) is 0.853. The van der Waals surface area contributed by atoms with E-state index < -0.39 is 5.97 Å². The van der Waals surface area contributed by atoms with Crippen molar-refractivity contribution in [1.82, 2.24) is 5.48 Å². The number of hydrogen-bond acceptors (Lipinski definition) is 3. The second-order valence-electron chi connectivity index (χ2n) is 2.56. The van der Waals surface area contributed by atoms with Crippen LogP contribution in [0.2, 0.25) is 0 Å². The summed E-state index contributed by atoms with van der Waals surface area (Å²) in [5.41, 5.74) is 3.42. The molecule has 0 atom stereocenters. The average molecular weight is 193 g/mol. The largest absolute Gasteiger partial charge is 0.478 e. The molecule has 4 heteroatoms. The Morgan fingerprint density at radius 1 is 1.43 bits per heavy atom. The monoisotopic (exact) mass is 193 g/mol. The smallest absolute Gasteiger partial charge is 0.329 e. The summed E-state index contributed by atoms with van der Waals surface area (Å²) >= 11 is 0. The minimum absolute atomic E-state index is 0.394. The lowest BCUT2D eigenvalue weighted by atomic mass is 10.2. The van der Waals surface area contributed by atoms with E-state index in [1.165, 1.54) is 6.20 Å². The van der Waals surface area contributed by atoms with Crippen LogP contribution >= 0.6 is 0 Å². The molecule has 0 aliphatic rings. The summed E-state index contributed by atoms with van der Waals surface area (Å²) in [6.07, 6.45) is 2.19. The molecule has 0 aliphatic carbocycles. The van der Waals surface area contributed by atoms with Crippen LogP contribution < -0.4 is 5.48 Å². The summed E-state index contributed by atoms with van der Waals surface area (Å²) in [7, 11) is 0. The fourth-order valence-electron chi connectivity index (χ4n) is 0.853. The molecule has 0 saturated heterocycles. The quantitative estimate of drug-likeness (QED) is 0.420. The predicted octanol–water partition coefficient (Wildman–Crippen LogP) is 1.31. The highest BCUT2D eigenvalue weighted by atomic mass is 16.6. The minimum atomic E-state index is -1.01. The van der Waals surface area contributed by atoms with Gasteiger partial charge < -0.3 is 5.11 Å². The van der Waals surface area contributed by atoms with Crippen molar-refractivity contribution in [2.75, 3.05) is 0 Å². The van der Waals surface area contributed by atoms with E-state index in [-0.39, 0.29) is 0 Å². The van der Waals surface area contributed by atoms with Crippen molar-refractivity contribution < 1.29 is 14.7 Å². The molecule has 0 heterocycles. The Balaban J connectivity index is 2.19. The number of hydroxylamine groups is 1. The van der Waals surface area contributed by atoms with Gasteiger partial charge in [0, 0.05) is 12.3 Å². The number of carbonyl (C=O) groups is 1. The van der Waals surface area contributed by atoms with Gasteiger partial charge in [-0.3, -0.25) is 10.3 Å². The normalized spacial score (nSPS) is 10.3. The topological polar surface area (TPSA) is 58.6 Å². The molecule has 4 nitrogen and oxygen atoms in total. The van der Waals surface area contributed by atoms with E-state index in [4.69, 9.17) is 9.94 Å². The number of benzene rings is 1. The van der Waals surface area contributed by atoms with Crippen molar-refractivity contribution in [2.45, 2.75) is 6.61 Å². The Hall–Kier alpha value is -1.81. The average Bonchev–Trinajstić information content (AvgIpc) is 2.18. The first-order valence-corrected chi connectivity index (χ1v) is 4.10. The Kier molecular flexibility index (Phi) is 4.23. The highest BCUT2D eigenvalue weighted by Crippen LogP contribution is 1.98. The molecule has 0 aliphatic heterocycles. The zero-order valence-electron chi connectivity index (χ0n) is 7.51. The molecule has 0 unspecified atom stereocenters. The van der Waals surface area contributed by atoms with Gasteiger partial charge in [0.05, 0.1) is 6.61 Å². The number of hydrogen-bond donors (Lipinski definition) is 2. The van der Waals surface area contributed by atoms with Crippen molar-refractivity contribution in [1.29, 1.82) is 0 Å². The van der Waals surface area contributed by atoms with Crippen LogP contribution in [-0.2, 0) is 16.2 Å². The summed E-state index contributed by atoms with van der Waals surface area (Å²) in [6.45, 7) is 0.394. The highest BCUT2D eigenvalue weighted by molar-refractivity contribution is 5.79. The summed E-state index contributed by atoms with van der Waals surface area (Å²) in [5.74, 6) is -1.01. The molecule has 0 saturated carbocycles. The van der Waals surface area contributed by atoms with Crippen LogP contribution in [0.3, 0.4) is 0 Å². The van der Waals surface area contributed by atoms with E-state index in [0.717, 1.165) is 11.6 Å². The third kappa shape index (κ3) is 4.27. The fraction of sp³-hybridized carbons (Fsp3) is 0.100. The van der Waals surface area contributed by atoms with Gasteiger partial charge >= 0.3 is 5.97 Å². The molecule has 0 fully saturated rings. The maximum Gasteiger partial charge on any atom is 0.329 e. The van der Waals surface area contributed by atoms with Gasteiger partial charge in [-0.2, -0.15) is 0 Å². The van der Waals surface area contributed by atoms with Gasteiger partial charge in [0.2, 0.25) is 0 Å². The highest BCUT2D eigenvalue weighted by Gasteiger charge is 1.89. The van der Waals surface area contributed by atoms with E-state index in [0.29, 0.717) is 6.61 Å². The predicted molar refractivity (Wildman–Crippen MR) is 51.1 cm³/mol. The zero-order valence-corrected chi connectivity index (χ0v) is 7.51. The molecule has 1 aromatic rings. The Morgan fingerprint density at radius 3 is 2.79 bits per heavy atom. The third-order valence-electron chi connectivity index (χ3n) is 1.46. The Labute approximate surface area is 81.8 Å². The molecule has 74 valence electrons. The lowest BCUT2D eigenvalue weighted by Gasteiger charge is -2.01. The molecular weight excluding hydrogens is 182 g/mol. The van der Waals surface area contributed by atoms with Gasteiger partial charge in [-0.1, -0.05) is 30.3 Å². The molecule has 2 N–H and O–H groups in total. The first-order chi connectivity index (χ1) is 6.79.